The van der Waals surface area contributed by atoms with Crippen molar-refractivity contribution in [2.75, 3.05) is 6.54 Å². The van der Waals surface area contributed by atoms with Crippen molar-refractivity contribution in [1.82, 2.24) is 10.2 Å². The number of amides is 3. The Morgan fingerprint density at radius 2 is 1.95 bits per heavy atom. The highest BCUT2D eigenvalue weighted by molar-refractivity contribution is 9.10. The summed E-state index contributed by atoms with van der Waals surface area (Å²) in [5.41, 5.74) is 0.0415. The highest BCUT2D eigenvalue weighted by Crippen LogP contribution is 2.42. The lowest BCUT2D eigenvalue weighted by Gasteiger charge is -2.20. The van der Waals surface area contributed by atoms with Crippen molar-refractivity contribution in [2.24, 2.45) is 5.92 Å². The van der Waals surface area contributed by atoms with Crippen LogP contribution in [0.5, 0.6) is 0 Å². The molecule has 1 N–H and O–H groups in total. The van der Waals surface area contributed by atoms with E-state index >= 15 is 0 Å². The molecule has 1 unspecified atom stereocenters. The van der Waals surface area contributed by atoms with Crippen LogP contribution < -0.4 is 5.32 Å². The van der Waals surface area contributed by atoms with Crippen molar-refractivity contribution in [3.63, 3.8) is 0 Å². The number of carbonyl (C=O) groups excluding carboxylic acids is 3. The maximum atomic E-state index is 12.4. The van der Waals surface area contributed by atoms with Gasteiger partial charge in [0, 0.05) is 10.9 Å². The number of ketones is 1. The molecule has 5 nitrogen and oxygen atoms in total. The first-order valence-corrected chi connectivity index (χ1v) is 8.09. The van der Waals surface area contributed by atoms with E-state index in [1.54, 1.807) is 6.92 Å². The summed E-state index contributed by atoms with van der Waals surface area (Å²) in [6.07, 6.45) is 2.11. The maximum Gasteiger partial charge on any atom is 0.325 e. The average molecular weight is 365 g/mol. The molecule has 0 aromatic heterocycles. The number of imide groups is 1. The van der Waals surface area contributed by atoms with E-state index in [-0.39, 0.29) is 30.6 Å². The number of urea groups is 1. The average Bonchev–Trinajstić information content (AvgIpc) is 3.28. The van der Waals surface area contributed by atoms with Crippen LogP contribution in [0.2, 0.25) is 0 Å². The highest BCUT2D eigenvalue weighted by atomic mass is 79.9. The molecular weight excluding hydrogens is 348 g/mol. The molecule has 22 heavy (non-hydrogen) atoms. The van der Waals surface area contributed by atoms with Gasteiger partial charge in [0.2, 0.25) is 0 Å². The van der Waals surface area contributed by atoms with Gasteiger partial charge in [0.15, 0.2) is 5.78 Å². The van der Waals surface area contributed by atoms with Crippen LogP contribution in [0.3, 0.4) is 0 Å². The molecule has 1 aliphatic carbocycles. The van der Waals surface area contributed by atoms with E-state index in [9.17, 15) is 14.4 Å². The molecule has 0 radical (unpaired) electrons. The minimum atomic E-state index is -0.824. The van der Waals surface area contributed by atoms with Gasteiger partial charge in [-0.25, -0.2) is 4.79 Å². The Kier molecular flexibility index (Phi) is 3.80. The molecule has 1 aromatic rings. The zero-order valence-corrected chi connectivity index (χ0v) is 13.9. The van der Waals surface area contributed by atoms with Crippen LogP contribution in [0, 0.1) is 5.92 Å². The number of nitrogens with one attached hydrogen (secondary N) is 1. The molecule has 1 saturated heterocycles. The van der Waals surface area contributed by atoms with Crippen LogP contribution in [-0.2, 0) is 16.0 Å². The lowest BCUT2D eigenvalue weighted by Crippen LogP contribution is -2.46. The highest BCUT2D eigenvalue weighted by Gasteiger charge is 2.56. The third-order valence-electron chi connectivity index (χ3n) is 4.34. The fraction of sp³-hybridized carbons (Fsp3) is 0.438. The second-order valence-electron chi connectivity index (χ2n) is 6.14. The van der Waals surface area contributed by atoms with Crippen LogP contribution in [-0.4, -0.2) is 34.7 Å². The molecule has 1 saturated carbocycles. The van der Waals surface area contributed by atoms with Crippen LogP contribution in [0.25, 0.3) is 0 Å². The number of halogens is 1. The molecular formula is C16H17BrN2O3. The quantitative estimate of drug-likeness (QED) is 0.815. The zero-order valence-electron chi connectivity index (χ0n) is 12.3. The Balaban J connectivity index is 1.65. The number of hydrogen-bond donors (Lipinski definition) is 1. The molecule has 1 heterocycles. The van der Waals surface area contributed by atoms with Crippen molar-refractivity contribution < 1.29 is 14.4 Å². The lowest BCUT2D eigenvalue weighted by atomic mass is 9.96. The molecule has 0 spiro atoms. The van der Waals surface area contributed by atoms with Crippen molar-refractivity contribution in [1.29, 1.82) is 0 Å². The standard InChI is InChI=1S/C16H17BrN2O3/c1-16(11-4-5-11)14(21)19(15(22)18-16)9-13(20)8-10-2-6-12(17)7-3-10/h2-3,6-7,11H,4-5,8-9H2,1H3,(H,18,22). The van der Waals surface area contributed by atoms with Crippen LogP contribution >= 0.6 is 15.9 Å². The number of benzene rings is 1. The number of carbonyl (C=O) groups is 3. The predicted molar refractivity (Wildman–Crippen MR) is 84.2 cm³/mol. The largest absolute Gasteiger partial charge is 0.325 e. The number of Topliss-reactive ketones (excluding diaryl/α,β-unsaturated/α-hetero) is 1. The van der Waals surface area contributed by atoms with Crippen molar-refractivity contribution in [3.8, 4) is 0 Å². The van der Waals surface area contributed by atoms with E-state index in [4.69, 9.17) is 0 Å². The number of hydrogen-bond acceptors (Lipinski definition) is 3. The lowest BCUT2D eigenvalue weighted by molar-refractivity contribution is -0.134. The van der Waals surface area contributed by atoms with Gasteiger partial charge >= 0.3 is 6.03 Å². The molecule has 1 atom stereocenters. The fourth-order valence-corrected chi connectivity index (χ4v) is 3.12. The van der Waals surface area contributed by atoms with E-state index in [1.807, 2.05) is 24.3 Å². The summed E-state index contributed by atoms with van der Waals surface area (Å²) in [7, 11) is 0. The molecule has 116 valence electrons. The monoisotopic (exact) mass is 364 g/mol. The van der Waals surface area contributed by atoms with Gasteiger partial charge in [-0.2, -0.15) is 0 Å². The third-order valence-corrected chi connectivity index (χ3v) is 4.87. The normalized spacial score (nSPS) is 24.5. The van der Waals surface area contributed by atoms with Gasteiger partial charge in [0.05, 0.1) is 6.54 Å². The first-order chi connectivity index (χ1) is 10.4. The minimum Gasteiger partial charge on any atom is -0.323 e. The Labute approximate surface area is 137 Å². The molecule has 0 bridgehead atoms. The Morgan fingerprint density at radius 3 is 2.55 bits per heavy atom. The van der Waals surface area contributed by atoms with E-state index in [0.29, 0.717) is 0 Å². The second-order valence-corrected chi connectivity index (χ2v) is 7.06. The van der Waals surface area contributed by atoms with Crippen LogP contribution in [0.4, 0.5) is 4.79 Å². The summed E-state index contributed by atoms with van der Waals surface area (Å²) < 4.78 is 0.943. The zero-order chi connectivity index (χ0) is 15.9. The Bertz CT molecular complexity index is 639. The predicted octanol–water partition coefficient (Wildman–Crippen LogP) is 2.28. The molecule has 1 aromatic carbocycles. The smallest absolute Gasteiger partial charge is 0.323 e. The summed E-state index contributed by atoms with van der Waals surface area (Å²) in [5, 5.41) is 2.75. The topological polar surface area (TPSA) is 66.5 Å². The van der Waals surface area contributed by atoms with Crippen molar-refractivity contribution in [3.05, 3.63) is 34.3 Å². The maximum absolute atomic E-state index is 12.4. The van der Waals surface area contributed by atoms with Gasteiger partial charge in [-0.1, -0.05) is 28.1 Å². The third kappa shape index (κ3) is 2.79. The van der Waals surface area contributed by atoms with Crippen LogP contribution in [0.15, 0.2) is 28.7 Å². The van der Waals surface area contributed by atoms with Gasteiger partial charge in [0.1, 0.15) is 5.54 Å². The van der Waals surface area contributed by atoms with E-state index in [2.05, 4.69) is 21.2 Å². The van der Waals surface area contributed by atoms with Crippen LogP contribution in [0.1, 0.15) is 25.3 Å². The molecule has 3 rings (SSSR count). The molecule has 1 aliphatic heterocycles. The SMILES string of the molecule is CC1(C2CC2)NC(=O)N(CC(=O)Cc2ccc(Br)cc2)C1=O. The van der Waals surface area contributed by atoms with Crippen molar-refractivity contribution >= 4 is 33.7 Å². The first kappa shape index (κ1) is 15.2. The summed E-state index contributed by atoms with van der Waals surface area (Å²) in [4.78, 5) is 37.6. The van der Waals surface area contributed by atoms with Gasteiger partial charge < -0.3 is 5.32 Å². The summed E-state index contributed by atoms with van der Waals surface area (Å²) in [5.74, 6) is -0.217. The van der Waals surface area contributed by atoms with Crippen molar-refractivity contribution in [2.45, 2.75) is 31.7 Å². The van der Waals surface area contributed by atoms with E-state index in [1.165, 1.54) is 0 Å². The van der Waals surface area contributed by atoms with Gasteiger partial charge in [-0.05, 0) is 43.4 Å². The summed E-state index contributed by atoms with van der Waals surface area (Å²) in [6, 6.07) is 6.97. The van der Waals surface area contributed by atoms with Gasteiger partial charge in [0.25, 0.3) is 5.91 Å². The Hall–Kier alpha value is -1.69. The summed E-state index contributed by atoms with van der Waals surface area (Å²) in [6.45, 7) is 1.59. The molecule has 3 amide bonds. The van der Waals surface area contributed by atoms with E-state index in [0.717, 1.165) is 27.8 Å². The minimum absolute atomic E-state index is 0.147. The van der Waals surface area contributed by atoms with Gasteiger partial charge in [-0.3, -0.25) is 14.5 Å². The first-order valence-electron chi connectivity index (χ1n) is 7.30. The molecule has 2 fully saturated rings. The molecule has 2 aliphatic rings. The summed E-state index contributed by atoms with van der Waals surface area (Å²) >= 11 is 3.34. The molecule has 6 heteroatoms. The number of rotatable bonds is 5. The second kappa shape index (κ2) is 5.50. The number of nitrogens with zero attached hydrogens (tertiary/aromatic N) is 1. The fourth-order valence-electron chi connectivity index (χ4n) is 2.86. The van der Waals surface area contributed by atoms with Gasteiger partial charge in [-0.15, -0.1) is 0 Å². The van der Waals surface area contributed by atoms with E-state index < -0.39 is 11.6 Å². The Morgan fingerprint density at radius 1 is 1.32 bits per heavy atom.